The van der Waals surface area contributed by atoms with Crippen LogP contribution in [0, 0.1) is 5.41 Å². The van der Waals surface area contributed by atoms with E-state index in [1.165, 1.54) is 0 Å². The van der Waals surface area contributed by atoms with Gasteiger partial charge in [-0.25, -0.2) is 0 Å². The molecule has 0 spiro atoms. The maximum absolute atomic E-state index is 12.5. The van der Waals surface area contributed by atoms with Gasteiger partial charge in [-0.1, -0.05) is 51.1 Å². The molecular formula is C21H29NO2. The zero-order valence-corrected chi connectivity index (χ0v) is 15.6. The first-order valence-corrected chi connectivity index (χ1v) is 8.53. The highest BCUT2D eigenvalue weighted by Gasteiger charge is 2.29. The van der Waals surface area contributed by atoms with Crippen molar-refractivity contribution in [1.82, 2.24) is 5.32 Å². The van der Waals surface area contributed by atoms with E-state index in [9.17, 15) is 4.79 Å². The van der Waals surface area contributed by atoms with Gasteiger partial charge in [-0.2, -0.15) is 0 Å². The molecule has 2 aromatic rings. The number of carbonyl (C=O) groups is 1. The van der Waals surface area contributed by atoms with Gasteiger partial charge in [0.1, 0.15) is 5.75 Å². The lowest BCUT2D eigenvalue weighted by Crippen LogP contribution is -2.50. The van der Waals surface area contributed by atoms with Crippen LogP contribution in [0.15, 0.2) is 42.5 Å². The molecule has 0 radical (unpaired) electrons. The minimum absolute atomic E-state index is 0.0857. The predicted octanol–water partition coefficient (Wildman–Crippen LogP) is 4.94. The summed E-state index contributed by atoms with van der Waals surface area (Å²) in [5, 5.41) is 5.37. The summed E-state index contributed by atoms with van der Waals surface area (Å²) in [6.07, 6.45) is 0.361. The summed E-state index contributed by atoms with van der Waals surface area (Å²) in [6.45, 7) is 12.4. The van der Waals surface area contributed by atoms with Crippen LogP contribution in [0.2, 0.25) is 0 Å². The van der Waals surface area contributed by atoms with Crippen molar-refractivity contribution in [3.63, 3.8) is 0 Å². The minimum Gasteiger partial charge on any atom is -0.481 e. The second-order valence-corrected chi connectivity index (χ2v) is 8.38. The van der Waals surface area contributed by atoms with Gasteiger partial charge in [0.15, 0.2) is 6.10 Å². The number of nitrogens with one attached hydrogen (secondary N) is 1. The Balaban J connectivity index is 2.02. The van der Waals surface area contributed by atoms with Crippen LogP contribution in [0.3, 0.4) is 0 Å². The second kappa shape index (κ2) is 6.84. The van der Waals surface area contributed by atoms with Crippen LogP contribution in [0.1, 0.15) is 48.0 Å². The van der Waals surface area contributed by atoms with Gasteiger partial charge >= 0.3 is 0 Å². The molecule has 1 N–H and O–H groups in total. The number of rotatable bonds is 5. The highest BCUT2D eigenvalue weighted by atomic mass is 16.5. The van der Waals surface area contributed by atoms with E-state index in [2.05, 4.69) is 46.0 Å². The third kappa shape index (κ3) is 5.26. The maximum atomic E-state index is 12.5. The molecule has 0 aliphatic rings. The van der Waals surface area contributed by atoms with Crippen molar-refractivity contribution in [3.8, 4) is 5.75 Å². The first-order chi connectivity index (χ1) is 11.1. The van der Waals surface area contributed by atoms with Crippen molar-refractivity contribution < 1.29 is 9.53 Å². The number of hydrogen-bond donors (Lipinski definition) is 1. The minimum atomic E-state index is -0.537. The molecule has 2 rings (SSSR count). The summed E-state index contributed by atoms with van der Waals surface area (Å²) in [6, 6.07) is 14.0. The summed E-state index contributed by atoms with van der Waals surface area (Å²) in [4.78, 5) is 12.5. The lowest BCUT2D eigenvalue weighted by Gasteiger charge is -2.34. The van der Waals surface area contributed by atoms with Crippen molar-refractivity contribution in [3.05, 3.63) is 42.5 Å². The van der Waals surface area contributed by atoms with E-state index in [0.29, 0.717) is 5.75 Å². The Labute approximate surface area is 145 Å². The van der Waals surface area contributed by atoms with Crippen molar-refractivity contribution >= 4 is 16.7 Å². The van der Waals surface area contributed by atoms with Crippen LogP contribution < -0.4 is 10.1 Å². The molecule has 0 heterocycles. The molecule has 0 unspecified atom stereocenters. The number of hydrogen-bond acceptors (Lipinski definition) is 2. The van der Waals surface area contributed by atoms with Gasteiger partial charge in [0.05, 0.1) is 0 Å². The third-order valence-electron chi connectivity index (χ3n) is 3.84. The average Bonchev–Trinajstić information content (AvgIpc) is 2.43. The summed E-state index contributed by atoms with van der Waals surface area (Å²) in [5.41, 5.74) is -0.116. The van der Waals surface area contributed by atoms with E-state index < -0.39 is 6.10 Å². The second-order valence-electron chi connectivity index (χ2n) is 8.38. The smallest absolute Gasteiger partial charge is 0.261 e. The standard InChI is InChI=1S/C21H29NO2/c1-15(19(23)22-21(5,6)14-20(2,3)4)24-18-12-11-16-9-7-8-10-17(16)13-18/h7-13,15H,14H2,1-6H3,(H,22,23)/t15-/m0/s1. The molecule has 2 aromatic carbocycles. The molecule has 0 aromatic heterocycles. The Bertz CT molecular complexity index is 713. The summed E-state index contributed by atoms with van der Waals surface area (Å²) in [5.74, 6) is 0.627. The zero-order chi connectivity index (χ0) is 18.0. The molecule has 24 heavy (non-hydrogen) atoms. The number of fused-ring (bicyclic) bond motifs is 1. The number of benzene rings is 2. The Hall–Kier alpha value is -2.03. The van der Waals surface area contributed by atoms with E-state index in [0.717, 1.165) is 17.2 Å². The van der Waals surface area contributed by atoms with Gasteiger partial charge in [-0.3, -0.25) is 4.79 Å². The van der Waals surface area contributed by atoms with E-state index in [4.69, 9.17) is 4.74 Å². The molecule has 3 heteroatoms. The molecule has 1 atom stereocenters. The van der Waals surface area contributed by atoms with E-state index in [1.807, 2.05) is 36.4 Å². The topological polar surface area (TPSA) is 38.3 Å². The normalized spacial score (nSPS) is 13.6. The number of carbonyl (C=O) groups excluding carboxylic acids is 1. The van der Waals surface area contributed by atoms with Crippen molar-refractivity contribution in [2.45, 2.75) is 59.6 Å². The van der Waals surface area contributed by atoms with Gasteiger partial charge in [0, 0.05) is 5.54 Å². The Morgan fingerprint density at radius 2 is 1.67 bits per heavy atom. The van der Waals surface area contributed by atoms with Crippen molar-refractivity contribution in [2.24, 2.45) is 5.41 Å². The summed E-state index contributed by atoms with van der Waals surface area (Å²) in [7, 11) is 0. The van der Waals surface area contributed by atoms with Crippen LogP contribution >= 0.6 is 0 Å². The third-order valence-corrected chi connectivity index (χ3v) is 3.84. The fourth-order valence-electron chi connectivity index (χ4n) is 3.30. The Morgan fingerprint density at radius 1 is 1.04 bits per heavy atom. The maximum Gasteiger partial charge on any atom is 0.261 e. The molecular weight excluding hydrogens is 298 g/mol. The first kappa shape index (κ1) is 18.3. The summed E-state index contributed by atoms with van der Waals surface area (Å²) >= 11 is 0. The van der Waals surface area contributed by atoms with Crippen LogP contribution in [-0.4, -0.2) is 17.6 Å². The van der Waals surface area contributed by atoms with Crippen LogP contribution in [0.5, 0.6) is 5.75 Å². The molecule has 0 aliphatic heterocycles. The van der Waals surface area contributed by atoms with Crippen LogP contribution in [-0.2, 0) is 4.79 Å². The van der Waals surface area contributed by atoms with Crippen LogP contribution in [0.25, 0.3) is 10.8 Å². The lowest BCUT2D eigenvalue weighted by molar-refractivity contribution is -0.129. The fraction of sp³-hybridized carbons (Fsp3) is 0.476. The highest BCUT2D eigenvalue weighted by molar-refractivity contribution is 5.84. The van der Waals surface area contributed by atoms with E-state index >= 15 is 0 Å². The quantitative estimate of drug-likeness (QED) is 0.845. The SMILES string of the molecule is C[C@H](Oc1ccc2ccccc2c1)C(=O)NC(C)(C)CC(C)(C)C. The van der Waals surface area contributed by atoms with Crippen molar-refractivity contribution in [1.29, 1.82) is 0 Å². The molecule has 0 fully saturated rings. The van der Waals surface area contributed by atoms with Gasteiger partial charge in [-0.05, 0) is 55.5 Å². The zero-order valence-electron chi connectivity index (χ0n) is 15.6. The summed E-state index contributed by atoms with van der Waals surface area (Å²) < 4.78 is 5.85. The molecule has 0 saturated carbocycles. The average molecular weight is 327 g/mol. The number of amides is 1. The molecule has 3 nitrogen and oxygen atoms in total. The fourth-order valence-corrected chi connectivity index (χ4v) is 3.30. The van der Waals surface area contributed by atoms with Gasteiger partial charge in [0.25, 0.3) is 5.91 Å². The first-order valence-electron chi connectivity index (χ1n) is 8.53. The Kier molecular flexibility index (Phi) is 5.22. The predicted molar refractivity (Wildman–Crippen MR) is 100 cm³/mol. The van der Waals surface area contributed by atoms with E-state index in [1.54, 1.807) is 6.92 Å². The van der Waals surface area contributed by atoms with Gasteiger partial charge in [0.2, 0.25) is 0 Å². The Morgan fingerprint density at radius 3 is 2.29 bits per heavy atom. The largest absolute Gasteiger partial charge is 0.481 e. The van der Waals surface area contributed by atoms with Crippen LogP contribution in [0.4, 0.5) is 0 Å². The lowest BCUT2D eigenvalue weighted by atomic mass is 9.81. The van der Waals surface area contributed by atoms with E-state index in [-0.39, 0.29) is 16.9 Å². The monoisotopic (exact) mass is 327 g/mol. The molecule has 130 valence electrons. The van der Waals surface area contributed by atoms with Gasteiger partial charge < -0.3 is 10.1 Å². The molecule has 0 aliphatic carbocycles. The number of ether oxygens (including phenoxy) is 1. The molecule has 0 bridgehead atoms. The van der Waals surface area contributed by atoms with Gasteiger partial charge in [-0.15, -0.1) is 0 Å². The molecule has 0 saturated heterocycles. The molecule has 1 amide bonds. The van der Waals surface area contributed by atoms with Crippen molar-refractivity contribution in [2.75, 3.05) is 0 Å². The highest BCUT2D eigenvalue weighted by Crippen LogP contribution is 2.27.